The van der Waals surface area contributed by atoms with Crippen LogP contribution in [0.5, 0.6) is 0 Å². The van der Waals surface area contributed by atoms with E-state index in [9.17, 15) is 4.79 Å². The van der Waals surface area contributed by atoms with Crippen LogP contribution in [0.1, 0.15) is 44.0 Å². The van der Waals surface area contributed by atoms with Crippen LogP contribution in [0, 0.1) is 6.92 Å². The van der Waals surface area contributed by atoms with E-state index in [0.717, 1.165) is 52.7 Å². The quantitative estimate of drug-likeness (QED) is 0.405. The highest BCUT2D eigenvalue weighted by Crippen LogP contribution is 2.20. The molecule has 168 valence electrons. The minimum Gasteiger partial charge on any atom is -0.450 e. The highest BCUT2D eigenvalue weighted by atomic mass is 16.5. The van der Waals surface area contributed by atoms with Gasteiger partial charge >= 0.3 is 6.09 Å². The average Bonchev–Trinajstić information content (AvgIpc) is 3.36. The first-order chi connectivity index (χ1) is 15.4. The number of hydrogen-bond acceptors (Lipinski definition) is 6. The Morgan fingerprint density at radius 3 is 2.81 bits per heavy atom. The molecule has 4 rings (SSSR count). The lowest BCUT2D eigenvalue weighted by atomic mass is 10.2. The summed E-state index contributed by atoms with van der Waals surface area (Å²) in [6.45, 7) is 7.69. The van der Waals surface area contributed by atoms with Crippen molar-refractivity contribution in [3.05, 3.63) is 48.2 Å². The normalized spacial score (nSPS) is 11.5. The van der Waals surface area contributed by atoms with Gasteiger partial charge in [0.2, 0.25) is 0 Å². The molecule has 0 radical (unpaired) electrons. The first-order valence-electron chi connectivity index (χ1n) is 10.9. The topological polar surface area (TPSA) is 113 Å². The Morgan fingerprint density at radius 1 is 1.16 bits per heavy atom. The van der Waals surface area contributed by atoms with E-state index in [-0.39, 0.29) is 0 Å². The van der Waals surface area contributed by atoms with Gasteiger partial charge < -0.3 is 24.9 Å². The van der Waals surface area contributed by atoms with Crippen molar-refractivity contribution in [3.63, 3.8) is 0 Å². The van der Waals surface area contributed by atoms with Gasteiger partial charge in [0.05, 0.1) is 35.8 Å². The third-order valence-electron chi connectivity index (χ3n) is 5.42. The smallest absolute Gasteiger partial charge is 0.407 e. The molecule has 0 bridgehead atoms. The maximum Gasteiger partial charge on any atom is 0.407 e. The Balaban J connectivity index is 1.21. The highest BCUT2D eigenvalue weighted by Gasteiger charge is 2.09. The molecule has 0 fully saturated rings. The zero-order valence-corrected chi connectivity index (χ0v) is 18.7. The summed E-state index contributed by atoms with van der Waals surface area (Å²) in [5.41, 5.74) is 11.5. The van der Waals surface area contributed by atoms with Crippen LogP contribution in [0.25, 0.3) is 22.1 Å². The number of aryl methyl sites for hydroxylation is 2. The Bertz CT molecular complexity index is 1240. The number of nitrogen functional groups attached to an aromatic ring is 1. The van der Waals surface area contributed by atoms with E-state index in [1.54, 1.807) is 6.33 Å². The molecule has 0 spiro atoms. The lowest BCUT2D eigenvalue weighted by Crippen LogP contribution is -2.24. The van der Waals surface area contributed by atoms with Crippen LogP contribution in [0.15, 0.2) is 36.9 Å². The van der Waals surface area contributed by atoms with Gasteiger partial charge in [-0.3, -0.25) is 0 Å². The van der Waals surface area contributed by atoms with Crippen molar-refractivity contribution in [2.24, 2.45) is 0 Å². The molecule has 1 aromatic carbocycles. The van der Waals surface area contributed by atoms with E-state index in [1.807, 2.05) is 31.5 Å². The number of pyridine rings is 1. The fraction of sp³-hybridized carbons (Fsp3) is 0.391. The number of ether oxygens (including phenoxy) is 1. The molecule has 0 atom stereocenters. The first-order valence-corrected chi connectivity index (χ1v) is 10.9. The van der Waals surface area contributed by atoms with Crippen LogP contribution in [0.4, 0.5) is 10.6 Å². The van der Waals surface area contributed by atoms with E-state index in [2.05, 4.69) is 49.3 Å². The number of carbonyl (C=O) groups excluding carboxylic acids is 1. The van der Waals surface area contributed by atoms with Gasteiger partial charge in [0, 0.05) is 24.8 Å². The van der Waals surface area contributed by atoms with E-state index < -0.39 is 6.09 Å². The molecular weight excluding hydrogens is 406 g/mol. The van der Waals surface area contributed by atoms with E-state index >= 15 is 0 Å². The molecule has 0 saturated carbocycles. The summed E-state index contributed by atoms with van der Waals surface area (Å²) in [6, 6.07) is 8.31. The van der Waals surface area contributed by atoms with Crippen LogP contribution in [0.2, 0.25) is 0 Å². The van der Waals surface area contributed by atoms with Gasteiger partial charge in [-0.05, 0) is 57.4 Å². The number of aromatic nitrogens is 5. The number of anilines is 1. The number of nitrogens with two attached hydrogens (primary N) is 1. The second kappa shape index (κ2) is 9.25. The molecule has 0 saturated heterocycles. The van der Waals surface area contributed by atoms with E-state index in [1.165, 1.54) is 0 Å². The first kappa shape index (κ1) is 21.6. The molecule has 0 aliphatic carbocycles. The number of amides is 1. The number of carbonyl (C=O) groups is 1. The van der Waals surface area contributed by atoms with Gasteiger partial charge in [0.15, 0.2) is 5.82 Å². The molecule has 4 aromatic rings. The van der Waals surface area contributed by atoms with Gasteiger partial charge in [-0.1, -0.05) is 6.07 Å². The maximum absolute atomic E-state index is 12.1. The van der Waals surface area contributed by atoms with Crippen LogP contribution in [-0.4, -0.2) is 36.8 Å². The summed E-state index contributed by atoms with van der Waals surface area (Å²) < 4.78 is 9.49. The lowest BCUT2D eigenvalue weighted by Gasteiger charge is -2.10. The summed E-state index contributed by atoms with van der Waals surface area (Å²) in [7, 11) is 0. The number of nitrogens with one attached hydrogen (secondary N) is 1. The predicted octanol–water partition coefficient (Wildman–Crippen LogP) is 3.96. The fourth-order valence-corrected chi connectivity index (χ4v) is 3.76. The summed E-state index contributed by atoms with van der Waals surface area (Å²) in [6.07, 6.45) is 4.82. The molecular formula is C23H29N7O2. The van der Waals surface area contributed by atoms with Crippen molar-refractivity contribution in [1.82, 2.24) is 29.4 Å². The van der Waals surface area contributed by atoms with Gasteiger partial charge in [-0.25, -0.2) is 19.7 Å². The largest absolute Gasteiger partial charge is 0.450 e. The molecule has 32 heavy (non-hydrogen) atoms. The van der Waals surface area contributed by atoms with Crippen molar-refractivity contribution >= 4 is 34.0 Å². The lowest BCUT2D eigenvalue weighted by molar-refractivity contribution is 0.143. The van der Waals surface area contributed by atoms with Crippen molar-refractivity contribution in [1.29, 1.82) is 0 Å². The van der Waals surface area contributed by atoms with Gasteiger partial charge in [-0.15, -0.1) is 0 Å². The molecule has 0 aliphatic heterocycles. The zero-order valence-electron chi connectivity index (χ0n) is 18.7. The maximum atomic E-state index is 12.1. The molecule has 9 nitrogen and oxygen atoms in total. The molecule has 3 aromatic heterocycles. The number of hydrogen-bond donors (Lipinski definition) is 2. The van der Waals surface area contributed by atoms with Crippen molar-refractivity contribution in [2.45, 2.75) is 52.7 Å². The van der Waals surface area contributed by atoms with Crippen molar-refractivity contribution in [2.75, 3.05) is 12.3 Å². The minimum absolute atomic E-state index is 0.325. The molecule has 0 aliphatic rings. The van der Waals surface area contributed by atoms with E-state index in [4.69, 9.17) is 10.5 Å². The number of alkyl carbamates (subject to hydrolysis) is 1. The van der Waals surface area contributed by atoms with Crippen LogP contribution in [0.3, 0.4) is 0 Å². The highest BCUT2D eigenvalue weighted by molar-refractivity contribution is 5.85. The summed E-state index contributed by atoms with van der Waals surface area (Å²) in [5, 5.41) is 2.82. The minimum atomic E-state index is -0.412. The fourth-order valence-electron chi connectivity index (χ4n) is 3.76. The second-order valence-electron chi connectivity index (χ2n) is 8.22. The number of imidazole rings is 2. The van der Waals surface area contributed by atoms with Gasteiger partial charge in [0.1, 0.15) is 5.52 Å². The molecule has 9 heteroatoms. The molecule has 3 heterocycles. The van der Waals surface area contributed by atoms with Crippen LogP contribution < -0.4 is 11.1 Å². The van der Waals surface area contributed by atoms with Crippen molar-refractivity contribution in [3.8, 4) is 0 Å². The summed E-state index contributed by atoms with van der Waals surface area (Å²) in [5.74, 6) is 0.451. The Labute approximate surface area is 186 Å². The zero-order chi connectivity index (χ0) is 22.7. The SMILES string of the molecule is Cc1cc2c(ncn2CCCCOC(=O)NCc2ccc3ncn(C(C)C)c3c2)c(N)n1. The molecule has 1 amide bonds. The summed E-state index contributed by atoms with van der Waals surface area (Å²) >= 11 is 0. The van der Waals surface area contributed by atoms with Gasteiger partial charge in [0.25, 0.3) is 0 Å². The Hall–Kier alpha value is -3.62. The van der Waals surface area contributed by atoms with E-state index in [0.29, 0.717) is 25.0 Å². The van der Waals surface area contributed by atoms with Crippen LogP contribution in [-0.2, 0) is 17.8 Å². The Kier molecular flexibility index (Phi) is 6.25. The van der Waals surface area contributed by atoms with Crippen molar-refractivity contribution < 1.29 is 9.53 Å². The summed E-state index contributed by atoms with van der Waals surface area (Å²) in [4.78, 5) is 25.1. The molecule has 3 N–H and O–H groups in total. The van der Waals surface area contributed by atoms with Crippen LogP contribution >= 0.6 is 0 Å². The number of nitrogens with zero attached hydrogens (tertiary/aromatic N) is 5. The number of fused-ring (bicyclic) bond motifs is 2. The average molecular weight is 436 g/mol. The number of unbranched alkanes of at least 4 members (excludes halogenated alkanes) is 1. The number of benzene rings is 1. The standard InChI is InChI=1S/C23H29N7O2/c1-15(2)30-14-26-18-7-6-17(11-19(18)30)12-25-23(31)32-9-5-4-8-29-13-27-21-20(29)10-16(3)28-22(21)24/h6-7,10-11,13-15H,4-5,8-9,12H2,1-3H3,(H2,24,28)(H,25,31). The monoisotopic (exact) mass is 435 g/mol. The predicted molar refractivity (Wildman–Crippen MR) is 124 cm³/mol. The van der Waals surface area contributed by atoms with Gasteiger partial charge in [-0.2, -0.15) is 0 Å². The third-order valence-corrected chi connectivity index (χ3v) is 5.42. The Morgan fingerprint density at radius 2 is 2.00 bits per heavy atom. The molecule has 0 unspecified atom stereocenters. The second-order valence-corrected chi connectivity index (χ2v) is 8.22. The number of rotatable bonds is 8. The third kappa shape index (κ3) is 4.66.